The summed E-state index contributed by atoms with van der Waals surface area (Å²) in [4.78, 5) is 17.9. The summed E-state index contributed by atoms with van der Waals surface area (Å²) in [5.41, 5.74) is 3.50. The molecule has 1 heterocycles. The first-order chi connectivity index (χ1) is 13.9. The number of rotatable bonds is 3. The van der Waals surface area contributed by atoms with Gasteiger partial charge in [-0.1, -0.05) is 57.9 Å². The van der Waals surface area contributed by atoms with E-state index in [0.29, 0.717) is 37.2 Å². The molecule has 6 heteroatoms. The van der Waals surface area contributed by atoms with Gasteiger partial charge in [0.25, 0.3) is 5.91 Å². The molecule has 0 aliphatic carbocycles. The molecule has 0 aliphatic heterocycles. The fourth-order valence-electron chi connectivity index (χ4n) is 3.26. The van der Waals surface area contributed by atoms with Crippen molar-refractivity contribution in [3.05, 3.63) is 93.2 Å². The first kappa shape index (κ1) is 19.6. The van der Waals surface area contributed by atoms with Crippen LogP contribution in [0.3, 0.4) is 0 Å². The molecule has 3 nitrogen and oxygen atoms in total. The van der Waals surface area contributed by atoms with E-state index in [1.165, 1.54) is 12.1 Å². The molecule has 0 saturated carbocycles. The van der Waals surface area contributed by atoms with Gasteiger partial charge >= 0.3 is 0 Å². The molecular weight excluding hydrogens is 455 g/mol. The normalized spacial score (nSPS) is 10.9. The quantitative estimate of drug-likeness (QED) is 0.350. The number of hydrogen-bond acceptors (Lipinski definition) is 2. The number of amides is 1. The summed E-state index contributed by atoms with van der Waals surface area (Å²) in [7, 11) is 0. The van der Waals surface area contributed by atoms with Crippen LogP contribution in [0.5, 0.6) is 0 Å². The number of para-hydroxylation sites is 1. The minimum Gasteiger partial charge on any atom is -0.319 e. The number of pyridine rings is 1. The van der Waals surface area contributed by atoms with Crippen LogP contribution in [-0.4, -0.2) is 10.9 Å². The second-order valence-electron chi connectivity index (χ2n) is 6.56. The Balaban J connectivity index is 1.87. The van der Waals surface area contributed by atoms with E-state index >= 15 is 0 Å². The number of halogens is 3. The topological polar surface area (TPSA) is 42.0 Å². The van der Waals surface area contributed by atoms with Crippen LogP contribution in [0, 0.1) is 12.7 Å². The molecule has 1 amide bonds. The monoisotopic (exact) mass is 468 g/mol. The summed E-state index contributed by atoms with van der Waals surface area (Å²) < 4.78 is 14.9. The SMILES string of the molecule is Cc1c(-c2ccc(Cl)cc2)nc2ccccc2c1C(=O)Nc1ccc(Br)cc1F. The number of carbonyl (C=O) groups excluding carboxylic acids is 1. The lowest BCUT2D eigenvalue weighted by Crippen LogP contribution is -2.16. The summed E-state index contributed by atoms with van der Waals surface area (Å²) in [6.07, 6.45) is 0. The van der Waals surface area contributed by atoms with Crippen LogP contribution in [0.4, 0.5) is 10.1 Å². The summed E-state index contributed by atoms with van der Waals surface area (Å²) in [6, 6.07) is 19.2. The molecule has 0 atom stereocenters. The van der Waals surface area contributed by atoms with E-state index in [1.54, 1.807) is 18.2 Å². The molecule has 144 valence electrons. The first-order valence-corrected chi connectivity index (χ1v) is 10.0. The minimum atomic E-state index is -0.512. The van der Waals surface area contributed by atoms with Gasteiger partial charge in [-0.05, 0) is 48.9 Å². The van der Waals surface area contributed by atoms with E-state index in [0.717, 1.165) is 5.56 Å². The number of fused-ring (bicyclic) bond motifs is 1. The molecule has 3 aromatic carbocycles. The summed E-state index contributed by atoms with van der Waals surface area (Å²) >= 11 is 9.23. The zero-order valence-corrected chi connectivity index (χ0v) is 17.7. The van der Waals surface area contributed by atoms with Gasteiger partial charge in [-0.3, -0.25) is 4.79 Å². The second-order valence-corrected chi connectivity index (χ2v) is 7.91. The average molecular weight is 470 g/mol. The van der Waals surface area contributed by atoms with Crippen LogP contribution in [0.15, 0.2) is 71.2 Å². The predicted molar refractivity (Wildman–Crippen MR) is 119 cm³/mol. The van der Waals surface area contributed by atoms with Crippen molar-refractivity contribution in [2.75, 3.05) is 5.32 Å². The third kappa shape index (κ3) is 3.88. The van der Waals surface area contributed by atoms with Crippen LogP contribution >= 0.6 is 27.5 Å². The van der Waals surface area contributed by atoms with Crippen molar-refractivity contribution in [3.8, 4) is 11.3 Å². The Morgan fingerprint density at radius 2 is 1.79 bits per heavy atom. The molecule has 1 N–H and O–H groups in total. The molecule has 4 rings (SSSR count). The second kappa shape index (κ2) is 7.93. The van der Waals surface area contributed by atoms with Gasteiger partial charge in [0, 0.05) is 20.4 Å². The molecular formula is C23H15BrClFN2O. The lowest BCUT2D eigenvalue weighted by molar-refractivity contribution is 0.102. The third-order valence-electron chi connectivity index (χ3n) is 4.66. The highest BCUT2D eigenvalue weighted by Gasteiger charge is 2.20. The molecule has 29 heavy (non-hydrogen) atoms. The van der Waals surface area contributed by atoms with Gasteiger partial charge in [-0.2, -0.15) is 0 Å². The Hall–Kier alpha value is -2.76. The Morgan fingerprint density at radius 1 is 1.07 bits per heavy atom. The van der Waals surface area contributed by atoms with E-state index in [2.05, 4.69) is 21.2 Å². The Morgan fingerprint density at radius 3 is 2.52 bits per heavy atom. The van der Waals surface area contributed by atoms with Gasteiger partial charge in [0.2, 0.25) is 0 Å². The van der Waals surface area contributed by atoms with Gasteiger partial charge in [0.1, 0.15) is 5.82 Å². The third-order valence-corrected chi connectivity index (χ3v) is 5.41. The molecule has 0 spiro atoms. The predicted octanol–water partition coefficient (Wildman–Crippen LogP) is 7.02. The standard InChI is InChI=1S/C23H15BrClFN2O/c1-13-21(23(29)28-20-11-8-15(24)12-18(20)26)17-4-2-3-5-19(17)27-22(13)14-6-9-16(25)10-7-14/h2-12H,1H3,(H,28,29). The number of hydrogen-bond donors (Lipinski definition) is 1. The van der Waals surface area contributed by atoms with Gasteiger partial charge in [-0.25, -0.2) is 9.37 Å². The number of benzene rings is 3. The van der Waals surface area contributed by atoms with Crippen LogP contribution in [0.1, 0.15) is 15.9 Å². The van der Waals surface area contributed by atoms with Crippen molar-refractivity contribution >= 4 is 50.0 Å². The van der Waals surface area contributed by atoms with Crippen LogP contribution in [-0.2, 0) is 0 Å². The zero-order chi connectivity index (χ0) is 20.5. The molecule has 1 aromatic heterocycles. The summed E-state index contributed by atoms with van der Waals surface area (Å²) in [6.45, 7) is 1.84. The van der Waals surface area contributed by atoms with E-state index < -0.39 is 11.7 Å². The first-order valence-electron chi connectivity index (χ1n) is 8.86. The maximum Gasteiger partial charge on any atom is 0.256 e. The molecule has 4 aromatic rings. The maximum absolute atomic E-state index is 14.3. The summed E-state index contributed by atoms with van der Waals surface area (Å²) in [5.74, 6) is -0.904. The number of nitrogens with zero attached hydrogens (tertiary/aromatic N) is 1. The highest BCUT2D eigenvalue weighted by atomic mass is 79.9. The van der Waals surface area contributed by atoms with E-state index in [4.69, 9.17) is 16.6 Å². The Bertz CT molecular complexity index is 1240. The lowest BCUT2D eigenvalue weighted by atomic mass is 9.97. The molecule has 0 fully saturated rings. The van der Waals surface area contributed by atoms with Gasteiger partial charge in [0.15, 0.2) is 0 Å². The zero-order valence-electron chi connectivity index (χ0n) is 15.3. The van der Waals surface area contributed by atoms with Crippen molar-refractivity contribution in [1.82, 2.24) is 4.98 Å². The minimum absolute atomic E-state index is 0.117. The average Bonchev–Trinajstić information content (AvgIpc) is 2.70. The van der Waals surface area contributed by atoms with Crippen molar-refractivity contribution in [2.45, 2.75) is 6.92 Å². The van der Waals surface area contributed by atoms with Gasteiger partial charge in [0.05, 0.1) is 22.5 Å². The van der Waals surface area contributed by atoms with Crippen LogP contribution in [0.25, 0.3) is 22.2 Å². The summed E-state index contributed by atoms with van der Waals surface area (Å²) in [5, 5.41) is 4.02. The van der Waals surface area contributed by atoms with Crippen LogP contribution < -0.4 is 5.32 Å². The fraction of sp³-hybridized carbons (Fsp3) is 0.0435. The van der Waals surface area contributed by atoms with Crippen molar-refractivity contribution in [3.63, 3.8) is 0 Å². The molecule has 0 unspecified atom stereocenters. The molecule has 0 radical (unpaired) electrons. The van der Waals surface area contributed by atoms with E-state index in [1.807, 2.05) is 43.3 Å². The van der Waals surface area contributed by atoms with E-state index in [-0.39, 0.29) is 5.69 Å². The maximum atomic E-state index is 14.3. The van der Waals surface area contributed by atoms with Gasteiger partial charge in [-0.15, -0.1) is 0 Å². The smallest absolute Gasteiger partial charge is 0.256 e. The van der Waals surface area contributed by atoms with Crippen LogP contribution in [0.2, 0.25) is 5.02 Å². The number of aromatic nitrogens is 1. The Kier molecular flexibility index (Phi) is 5.35. The van der Waals surface area contributed by atoms with Crippen molar-refractivity contribution in [1.29, 1.82) is 0 Å². The number of nitrogens with one attached hydrogen (secondary N) is 1. The van der Waals surface area contributed by atoms with Gasteiger partial charge < -0.3 is 5.32 Å². The largest absolute Gasteiger partial charge is 0.319 e. The highest BCUT2D eigenvalue weighted by Crippen LogP contribution is 2.31. The molecule has 0 aliphatic rings. The lowest BCUT2D eigenvalue weighted by Gasteiger charge is -2.15. The Labute approximate surface area is 180 Å². The highest BCUT2D eigenvalue weighted by molar-refractivity contribution is 9.10. The van der Waals surface area contributed by atoms with Crippen molar-refractivity contribution < 1.29 is 9.18 Å². The fourth-order valence-corrected chi connectivity index (χ4v) is 3.72. The number of anilines is 1. The molecule has 0 saturated heterocycles. The molecule has 0 bridgehead atoms. The van der Waals surface area contributed by atoms with Crippen molar-refractivity contribution in [2.24, 2.45) is 0 Å². The van der Waals surface area contributed by atoms with E-state index in [9.17, 15) is 9.18 Å². The number of carbonyl (C=O) groups is 1.